The molecule has 2 aromatic rings. The molecule has 19 heavy (non-hydrogen) atoms. The number of rotatable bonds is 2. The van der Waals surface area contributed by atoms with Crippen molar-refractivity contribution < 1.29 is 13.2 Å². The Kier molecular flexibility index (Phi) is 3.83. The van der Waals surface area contributed by atoms with Gasteiger partial charge in [0.15, 0.2) is 17.5 Å². The Morgan fingerprint density at radius 2 is 1.74 bits per heavy atom. The molecule has 2 rings (SSSR count). The summed E-state index contributed by atoms with van der Waals surface area (Å²) in [6.45, 7) is 1.76. The summed E-state index contributed by atoms with van der Waals surface area (Å²) in [6, 6.07) is 6.47. The molecule has 5 heteroatoms. The molecule has 0 saturated heterocycles. The standard InChI is InChI=1S/C14H11ClF3N/c1-7(19)9-3-2-8(6-11(9)15)10-4-5-12(16)14(18)13(10)17/h2-7H,19H2,1H3. The van der Waals surface area contributed by atoms with E-state index in [4.69, 9.17) is 17.3 Å². The molecule has 0 spiro atoms. The average molecular weight is 286 g/mol. The topological polar surface area (TPSA) is 26.0 Å². The van der Waals surface area contributed by atoms with Crippen LogP contribution in [0.2, 0.25) is 5.02 Å². The van der Waals surface area contributed by atoms with Crippen molar-refractivity contribution in [1.82, 2.24) is 0 Å². The van der Waals surface area contributed by atoms with Gasteiger partial charge in [-0.15, -0.1) is 0 Å². The monoisotopic (exact) mass is 285 g/mol. The van der Waals surface area contributed by atoms with Crippen molar-refractivity contribution in [3.8, 4) is 11.1 Å². The van der Waals surface area contributed by atoms with Gasteiger partial charge in [-0.2, -0.15) is 0 Å². The molecule has 0 aliphatic heterocycles. The molecule has 0 bridgehead atoms. The maximum Gasteiger partial charge on any atom is 0.195 e. The van der Waals surface area contributed by atoms with E-state index in [2.05, 4.69) is 0 Å². The number of hydrogen-bond acceptors (Lipinski definition) is 1. The molecule has 1 unspecified atom stereocenters. The van der Waals surface area contributed by atoms with Crippen molar-refractivity contribution in [3.63, 3.8) is 0 Å². The third kappa shape index (κ3) is 2.60. The highest BCUT2D eigenvalue weighted by atomic mass is 35.5. The highest BCUT2D eigenvalue weighted by Crippen LogP contribution is 2.31. The van der Waals surface area contributed by atoms with E-state index in [1.165, 1.54) is 12.1 Å². The van der Waals surface area contributed by atoms with Gasteiger partial charge in [0.05, 0.1) is 0 Å². The fourth-order valence-corrected chi connectivity index (χ4v) is 2.17. The van der Waals surface area contributed by atoms with Gasteiger partial charge in [0, 0.05) is 16.6 Å². The van der Waals surface area contributed by atoms with Crippen molar-refractivity contribution in [2.24, 2.45) is 5.73 Å². The van der Waals surface area contributed by atoms with E-state index in [0.717, 1.165) is 6.07 Å². The second kappa shape index (κ2) is 5.23. The summed E-state index contributed by atoms with van der Waals surface area (Å²) in [4.78, 5) is 0. The number of halogens is 4. The van der Waals surface area contributed by atoms with Gasteiger partial charge >= 0.3 is 0 Å². The van der Waals surface area contributed by atoms with Crippen LogP contribution in [0.25, 0.3) is 11.1 Å². The summed E-state index contributed by atoms with van der Waals surface area (Å²) in [7, 11) is 0. The summed E-state index contributed by atoms with van der Waals surface area (Å²) in [5.74, 6) is -3.95. The number of nitrogens with two attached hydrogens (primary N) is 1. The van der Waals surface area contributed by atoms with E-state index in [1.807, 2.05) is 0 Å². The minimum Gasteiger partial charge on any atom is -0.324 e. The lowest BCUT2D eigenvalue weighted by molar-refractivity contribution is 0.449. The van der Waals surface area contributed by atoms with Crippen LogP contribution in [0.5, 0.6) is 0 Å². The molecule has 2 N–H and O–H groups in total. The van der Waals surface area contributed by atoms with Crippen LogP contribution < -0.4 is 5.73 Å². The van der Waals surface area contributed by atoms with Crippen molar-refractivity contribution in [1.29, 1.82) is 0 Å². The number of benzene rings is 2. The summed E-state index contributed by atoms with van der Waals surface area (Å²) in [5, 5.41) is 0.358. The zero-order valence-corrected chi connectivity index (χ0v) is 10.8. The Bertz CT molecular complexity index is 626. The second-order valence-corrected chi connectivity index (χ2v) is 4.66. The van der Waals surface area contributed by atoms with E-state index in [0.29, 0.717) is 16.1 Å². The molecular formula is C14H11ClF3N. The predicted octanol–water partition coefficient (Wildman–Crippen LogP) is 4.44. The summed E-state index contributed by atoms with van der Waals surface area (Å²) < 4.78 is 39.7. The largest absolute Gasteiger partial charge is 0.324 e. The quantitative estimate of drug-likeness (QED) is 0.811. The third-order valence-corrected chi connectivity index (χ3v) is 3.16. The molecule has 0 saturated carbocycles. The molecule has 100 valence electrons. The van der Waals surface area contributed by atoms with Gasteiger partial charge in [-0.1, -0.05) is 23.7 Å². The minimum atomic E-state index is -1.50. The summed E-state index contributed by atoms with van der Waals surface area (Å²) in [5.41, 5.74) is 6.73. The molecule has 0 amide bonds. The summed E-state index contributed by atoms with van der Waals surface area (Å²) in [6.07, 6.45) is 0. The first-order valence-electron chi connectivity index (χ1n) is 5.60. The maximum absolute atomic E-state index is 13.7. The van der Waals surface area contributed by atoms with Gasteiger partial charge in [0.1, 0.15) is 0 Å². The van der Waals surface area contributed by atoms with Crippen molar-refractivity contribution in [3.05, 3.63) is 58.4 Å². The van der Waals surface area contributed by atoms with E-state index >= 15 is 0 Å². The summed E-state index contributed by atoms with van der Waals surface area (Å²) >= 11 is 6.03. The third-order valence-electron chi connectivity index (χ3n) is 2.84. The lowest BCUT2D eigenvalue weighted by Gasteiger charge is -2.11. The molecule has 0 aromatic heterocycles. The normalized spacial score (nSPS) is 12.5. The number of hydrogen-bond donors (Lipinski definition) is 1. The molecular weight excluding hydrogens is 275 g/mol. The Morgan fingerprint density at radius 3 is 2.32 bits per heavy atom. The van der Waals surface area contributed by atoms with Gasteiger partial charge in [-0.05, 0) is 36.2 Å². The minimum absolute atomic E-state index is 0.0444. The molecule has 0 heterocycles. The van der Waals surface area contributed by atoms with Crippen LogP contribution in [0.3, 0.4) is 0 Å². The lowest BCUT2D eigenvalue weighted by Crippen LogP contribution is -2.05. The molecule has 0 fully saturated rings. The fraction of sp³-hybridized carbons (Fsp3) is 0.143. The van der Waals surface area contributed by atoms with Crippen LogP contribution in [0, 0.1) is 17.5 Å². The molecule has 2 aromatic carbocycles. The van der Waals surface area contributed by atoms with Gasteiger partial charge in [-0.3, -0.25) is 0 Å². The van der Waals surface area contributed by atoms with E-state index in [9.17, 15) is 13.2 Å². The zero-order chi connectivity index (χ0) is 14.2. The molecule has 0 aliphatic carbocycles. The second-order valence-electron chi connectivity index (χ2n) is 4.25. The van der Waals surface area contributed by atoms with Crippen LogP contribution in [-0.4, -0.2) is 0 Å². The van der Waals surface area contributed by atoms with Crippen LogP contribution in [-0.2, 0) is 0 Å². The van der Waals surface area contributed by atoms with E-state index < -0.39 is 17.5 Å². The van der Waals surface area contributed by atoms with Crippen LogP contribution >= 0.6 is 11.6 Å². The Balaban J connectivity index is 2.55. The smallest absolute Gasteiger partial charge is 0.195 e. The highest BCUT2D eigenvalue weighted by Gasteiger charge is 2.15. The first-order chi connectivity index (χ1) is 8.91. The first kappa shape index (κ1) is 13.9. The van der Waals surface area contributed by atoms with Gasteiger partial charge in [-0.25, -0.2) is 13.2 Å². The highest BCUT2D eigenvalue weighted by molar-refractivity contribution is 6.31. The molecule has 1 nitrogen and oxygen atoms in total. The predicted molar refractivity (Wildman–Crippen MR) is 69.4 cm³/mol. The Labute approximate surface area is 113 Å². The van der Waals surface area contributed by atoms with Crippen LogP contribution in [0.4, 0.5) is 13.2 Å². The van der Waals surface area contributed by atoms with Crippen molar-refractivity contribution in [2.45, 2.75) is 13.0 Å². The van der Waals surface area contributed by atoms with Crippen LogP contribution in [0.15, 0.2) is 30.3 Å². The fourth-order valence-electron chi connectivity index (χ4n) is 1.81. The Hall–Kier alpha value is -1.52. The first-order valence-corrected chi connectivity index (χ1v) is 5.98. The van der Waals surface area contributed by atoms with Gasteiger partial charge in [0.2, 0.25) is 0 Å². The van der Waals surface area contributed by atoms with Gasteiger partial charge < -0.3 is 5.73 Å². The van der Waals surface area contributed by atoms with Crippen molar-refractivity contribution in [2.75, 3.05) is 0 Å². The molecule has 1 atom stereocenters. The maximum atomic E-state index is 13.7. The van der Waals surface area contributed by atoms with E-state index in [1.54, 1.807) is 19.1 Å². The molecule has 0 aliphatic rings. The zero-order valence-electron chi connectivity index (χ0n) is 10.1. The lowest BCUT2D eigenvalue weighted by atomic mass is 10.0. The molecule has 0 radical (unpaired) electrons. The average Bonchev–Trinajstić information content (AvgIpc) is 2.35. The van der Waals surface area contributed by atoms with Crippen LogP contribution in [0.1, 0.15) is 18.5 Å². The van der Waals surface area contributed by atoms with Gasteiger partial charge in [0.25, 0.3) is 0 Å². The van der Waals surface area contributed by atoms with Crippen molar-refractivity contribution >= 4 is 11.6 Å². The van der Waals surface area contributed by atoms with E-state index in [-0.39, 0.29) is 11.6 Å². The Morgan fingerprint density at radius 1 is 1.05 bits per heavy atom. The SMILES string of the molecule is CC(N)c1ccc(-c2ccc(F)c(F)c2F)cc1Cl.